The zero-order valence-electron chi connectivity index (χ0n) is 21.8. The zero-order chi connectivity index (χ0) is 27.6. The van der Waals surface area contributed by atoms with Gasteiger partial charge in [-0.05, 0) is 63.1 Å². The van der Waals surface area contributed by atoms with Crippen molar-refractivity contribution in [2.24, 2.45) is 0 Å². The highest BCUT2D eigenvalue weighted by Gasteiger charge is 2.21. The highest BCUT2D eigenvalue weighted by molar-refractivity contribution is 7.93. The summed E-state index contributed by atoms with van der Waals surface area (Å²) in [4.78, 5) is 0.123. The number of anilines is 2. The molecule has 0 saturated heterocycles. The lowest BCUT2D eigenvalue weighted by atomic mass is 10.1. The molecule has 0 aromatic heterocycles. The highest BCUT2D eigenvalue weighted by atomic mass is 32.2. The van der Waals surface area contributed by atoms with Crippen molar-refractivity contribution in [3.05, 3.63) is 77.9 Å². The molecule has 0 aliphatic rings. The second kappa shape index (κ2) is 13.6. The minimum absolute atomic E-state index is 0.0581. The molecule has 0 fully saturated rings. The summed E-state index contributed by atoms with van der Waals surface area (Å²) in [5.41, 5.74) is 1.97. The van der Waals surface area contributed by atoms with Crippen LogP contribution < -0.4 is 14.2 Å². The molecular weight excluding hydrogens is 524 g/mol. The number of hydrogen-bond donors (Lipinski definition) is 3. The molecule has 8 nitrogen and oxygen atoms in total. The number of aliphatic hydroxyl groups is 1. The predicted molar refractivity (Wildman–Crippen MR) is 151 cm³/mol. The van der Waals surface area contributed by atoms with Gasteiger partial charge in [0.05, 0.1) is 27.8 Å². The lowest BCUT2D eigenvalue weighted by molar-refractivity contribution is 0.280. The summed E-state index contributed by atoms with van der Waals surface area (Å²) in [5, 5.41) is 8.85. The monoisotopic (exact) mass is 560 g/mol. The topological polar surface area (TPSA) is 122 Å². The van der Waals surface area contributed by atoms with Gasteiger partial charge in [-0.2, -0.15) is 0 Å². The van der Waals surface area contributed by atoms with Crippen molar-refractivity contribution in [2.45, 2.75) is 62.2 Å². The molecule has 38 heavy (non-hydrogen) atoms. The molecule has 0 aliphatic heterocycles. The van der Waals surface area contributed by atoms with Crippen molar-refractivity contribution in [3.63, 3.8) is 0 Å². The third kappa shape index (κ3) is 8.75. The minimum Gasteiger partial charge on any atom is -0.494 e. The number of unbranched alkanes of at least 4 members (excludes halogenated alkanes) is 5. The molecule has 0 bridgehead atoms. The first-order chi connectivity index (χ1) is 18.1. The minimum atomic E-state index is -3.99. The average molecular weight is 561 g/mol. The molecule has 3 aromatic rings. The molecule has 206 valence electrons. The second-order valence-electron chi connectivity index (χ2n) is 9.24. The Morgan fingerprint density at radius 2 is 1.11 bits per heavy atom. The van der Waals surface area contributed by atoms with E-state index in [1.807, 2.05) is 13.8 Å². The molecule has 0 heterocycles. The van der Waals surface area contributed by atoms with Gasteiger partial charge in [0.25, 0.3) is 20.0 Å². The summed E-state index contributed by atoms with van der Waals surface area (Å²) in [6.45, 7) is 4.38. The number of aliphatic hydroxyl groups excluding tert-OH is 1. The van der Waals surface area contributed by atoms with Crippen LogP contribution in [-0.2, 0) is 20.0 Å². The summed E-state index contributed by atoms with van der Waals surface area (Å²) in [6, 6.07) is 17.3. The van der Waals surface area contributed by atoms with E-state index in [1.165, 1.54) is 36.4 Å². The van der Waals surface area contributed by atoms with Crippen LogP contribution in [0.15, 0.2) is 76.5 Å². The van der Waals surface area contributed by atoms with Crippen molar-refractivity contribution in [1.82, 2.24) is 0 Å². The van der Waals surface area contributed by atoms with Gasteiger partial charge in [-0.1, -0.05) is 61.1 Å². The van der Waals surface area contributed by atoms with E-state index in [0.717, 1.165) is 49.7 Å². The molecule has 0 amide bonds. The zero-order valence-corrected chi connectivity index (χ0v) is 23.4. The maximum Gasteiger partial charge on any atom is 0.261 e. The van der Waals surface area contributed by atoms with E-state index in [-0.39, 0.29) is 27.8 Å². The summed E-state index contributed by atoms with van der Waals surface area (Å²) in [7, 11) is -7.96. The van der Waals surface area contributed by atoms with Gasteiger partial charge in [0.15, 0.2) is 0 Å². The lowest BCUT2D eigenvalue weighted by Gasteiger charge is -2.17. The first kappa shape index (κ1) is 29.5. The predicted octanol–water partition coefficient (Wildman–Crippen LogP) is 5.62. The largest absolute Gasteiger partial charge is 0.494 e. The molecule has 0 unspecified atom stereocenters. The van der Waals surface area contributed by atoms with Crippen LogP contribution in [0.1, 0.15) is 49.7 Å². The summed E-state index contributed by atoms with van der Waals surface area (Å²) in [6.07, 6.45) is 5.73. The Balaban J connectivity index is 1.80. The molecule has 3 N–H and O–H groups in total. The highest BCUT2D eigenvalue weighted by Crippen LogP contribution is 2.31. The molecule has 0 aliphatic carbocycles. The summed E-state index contributed by atoms with van der Waals surface area (Å²) < 4.78 is 63.1. The first-order valence-electron chi connectivity index (χ1n) is 12.7. The Morgan fingerprint density at radius 3 is 1.63 bits per heavy atom. The third-order valence-corrected chi connectivity index (χ3v) is 8.73. The van der Waals surface area contributed by atoms with E-state index in [9.17, 15) is 16.8 Å². The van der Waals surface area contributed by atoms with Crippen molar-refractivity contribution in [3.8, 4) is 5.75 Å². The second-order valence-corrected chi connectivity index (χ2v) is 12.6. The van der Waals surface area contributed by atoms with Crippen LogP contribution in [-0.4, -0.2) is 35.2 Å². The summed E-state index contributed by atoms with van der Waals surface area (Å²) >= 11 is 0. The number of ether oxygens (including phenoxy) is 1. The summed E-state index contributed by atoms with van der Waals surface area (Å²) in [5.74, 6) is 0.421. The Bertz CT molecular complexity index is 1390. The Kier molecular flexibility index (Phi) is 10.6. The van der Waals surface area contributed by atoms with E-state index in [4.69, 9.17) is 9.84 Å². The first-order valence-corrected chi connectivity index (χ1v) is 15.6. The quantitative estimate of drug-likeness (QED) is 0.208. The van der Waals surface area contributed by atoms with E-state index in [0.29, 0.717) is 12.4 Å². The number of benzene rings is 3. The maximum absolute atomic E-state index is 13.1. The Labute approximate surface area is 226 Å². The van der Waals surface area contributed by atoms with E-state index < -0.39 is 20.0 Å². The smallest absolute Gasteiger partial charge is 0.261 e. The lowest BCUT2D eigenvalue weighted by Crippen LogP contribution is -2.18. The normalized spacial score (nSPS) is 11.8. The molecule has 3 rings (SSSR count). The van der Waals surface area contributed by atoms with Crippen molar-refractivity contribution in [1.29, 1.82) is 0 Å². The Hall–Kier alpha value is -3.08. The van der Waals surface area contributed by atoms with E-state index >= 15 is 0 Å². The number of nitrogens with one attached hydrogen (secondary N) is 2. The van der Waals surface area contributed by atoms with Crippen LogP contribution in [0.5, 0.6) is 5.75 Å². The molecular formula is C28H36N2O6S2. The molecule has 0 radical (unpaired) electrons. The number of rotatable bonds is 15. The van der Waals surface area contributed by atoms with Gasteiger partial charge in [0.1, 0.15) is 5.75 Å². The van der Waals surface area contributed by atoms with Crippen LogP contribution >= 0.6 is 0 Å². The van der Waals surface area contributed by atoms with Crippen molar-refractivity contribution in [2.75, 3.05) is 22.7 Å². The van der Waals surface area contributed by atoms with Crippen LogP contribution in [0.3, 0.4) is 0 Å². The maximum atomic E-state index is 13.1. The van der Waals surface area contributed by atoms with Crippen LogP contribution in [0.4, 0.5) is 11.4 Å². The van der Waals surface area contributed by atoms with Crippen LogP contribution in [0.2, 0.25) is 0 Å². The standard InChI is InChI=1S/C28H36N2O6S2/c1-22-9-14-25(15-10-22)37(32,33)29-27-18-13-24(36-20-8-6-4-3-5-7-19-31)21-28(27)30-38(34,35)26-16-11-23(2)12-17-26/h9-18,21,29-31H,3-8,19-20H2,1-2H3. The van der Waals surface area contributed by atoms with Gasteiger partial charge >= 0.3 is 0 Å². The molecule has 3 aromatic carbocycles. The van der Waals surface area contributed by atoms with Crippen LogP contribution in [0, 0.1) is 13.8 Å². The number of aryl methyl sites for hydroxylation is 2. The number of sulfonamides is 2. The van der Waals surface area contributed by atoms with Gasteiger partial charge in [0, 0.05) is 12.7 Å². The fourth-order valence-corrected chi connectivity index (χ4v) is 5.89. The molecule has 0 spiro atoms. The van der Waals surface area contributed by atoms with E-state index in [2.05, 4.69) is 9.44 Å². The van der Waals surface area contributed by atoms with Gasteiger partial charge in [-0.25, -0.2) is 16.8 Å². The van der Waals surface area contributed by atoms with Gasteiger partial charge in [0.2, 0.25) is 0 Å². The molecule has 0 saturated carbocycles. The van der Waals surface area contributed by atoms with Crippen LogP contribution in [0.25, 0.3) is 0 Å². The SMILES string of the molecule is Cc1ccc(S(=O)(=O)Nc2ccc(OCCCCCCCCO)cc2NS(=O)(=O)c2ccc(C)cc2)cc1. The van der Waals surface area contributed by atoms with Crippen molar-refractivity contribution >= 4 is 31.4 Å². The Morgan fingerprint density at radius 1 is 0.632 bits per heavy atom. The molecule has 0 atom stereocenters. The number of hydrogen-bond acceptors (Lipinski definition) is 6. The fourth-order valence-electron chi connectivity index (χ4n) is 3.74. The average Bonchev–Trinajstić information content (AvgIpc) is 2.87. The van der Waals surface area contributed by atoms with Gasteiger partial charge in [-0.15, -0.1) is 0 Å². The van der Waals surface area contributed by atoms with Gasteiger partial charge < -0.3 is 9.84 Å². The molecule has 10 heteroatoms. The van der Waals surface area contributed by atoms with Crippen molar-refractivity contribution < 1.29 is 26.7 Å². The fraction of sp³-hybridized carbons (Fsp3) is 0.357. The third-order valence-electron chi connectivity index (χ3n) is 5.96. The van der Waals surface area contributed by atoms with E-state index in [1.54, 1.807) is 30.3 Å². The van der Waals surface area contributed by atoms with Gasteiger partial charge in [-0.3, -0.25) is 9.44 Å².